The highest BCUT2D eigenvalue weighted by Gasteiger charge is 2.37. The van der Waals surface area contributed by atoms with Crippen LogP contribution in [0.3, 0.4) is 0 Å². The Morgan fingerprint density at radius 1 is 1.04 bits per heavy atom. The third-order valence-electron chi connectivity index (χ3n) is 5.67. The van der Waals surface area contributed by atoms with Crippen LogP contribution in [0, 0.1) is 5.92 Å². The summed E-state index contributed by atoms with van der Waals surface area (Å²) in [5, 5.41) is 0. The van der Waals surface area contributed by atoms with Gasteiger partial charge in [-0.1, -0.05) is 70.4 Å². The number of ketones is 1. The van der Waals surface area contributed by atoms with Gasteiger partial charge < -0.3 is 4.43 Å². The van der Waals surface area contributed by atoms with Crippen LogP contribution < -0.4 is 0 Å². The molecule has 0 aliphatic heterocycles. The van der Waals surface area contributed by atoms with Crippen LogP contribution >= 0.6 is 0 Å². The van der Waals surface area contributed by atoms with Crippen LogP contribution in [0.2, 0.25) is 18.1 Å². The molecule has 2 nitrogen and oxygen atoms in total. The number of carbonyl (C=O) groups is 1. The molecule has 1 unspecified atom stereocenters. The van der Waals surface area contributed by atoms with Crippen molar-refractivity contribution in [1.82, 2.24) is 0 Å². The quantitative estimate of drug-likeness (QED) is 0.554. The molecule has 1 fully saturated rings. The Morgan fingerprint density at radius 3 is 2.13 bits per heavy atom. The molecule has 1 saturated carbocycles. The predicted molar refractivity (Wildman–Crippen MR) is 99.0 cm³/mol. The first kappa shape index (κ1) is 18.4. The molecule has 1 aliphatic rings. The summed E-state index contributed by atoms with van der Waals surface area (Å²) in [6.45, 7) is 6.69. The molecule has 128 valence electrons. The van der Waals surface area contributed by atoms with E-state index in [4.69, 9.17) is 4.43 Å². The molecule has 1 aromatic rings. The van der Waals surface area contributed by atoms with E-state index in [2.05, 4.69) is 32.9 Å². The topological polar surface area (TPSA) is 26.3 Å². The van der Waals surface area contributed by atoms with Gasteiger partial charge in [-0.2, -0.15) is 0 Å². The second-order valence-corrected chi connectivity index (χ2v) is 11.6. The Morgan fingerprint density at radius 2 is 1.61 bits per heavy atom. The summed E-state index contributed by atoms with van der Waals surface area (Å²) in [4.78, 5) is 13.2. The van der Waals surface area contributed by atoms with Crippen LogP contribution in [-0.2, 0) is 9.22 Å². The number of benzene rings is 1. The summed E-state index contributed by atoms with van der Waals surface area (Å²) in [5.74, 6) is 0.536. The largest absolute Gasteiger partial charge is 0.403 e. The van der Waals surface area contributed by atoms with Crippen molar-refractivity contribution >= 4 is 14.1 Å². The highest BCUT2D eigenvalue weighted by molar-refractivity contribution is 6.73. The molecule has 0 N–H and O–H groups in total. The fourth-order valence-electron chi connectivity index (χ4n) is 3.77. The maximum absolute atomic E-state index is 13.2. The van der Waals surface area contributed by atoms with Crippen molar-refractivity contribution in [2.75, 3.05) is 0 Å². The maximum atomic E-state index is 13.2. The van der Waals surface area contributed by atoms with Crippen molar-refractivity contribution in [3.05, 3.63) is 35.9 Å². The van der Waals surface area contributed by atoms with Crippen molar-refractivity contribution in [1.29, 1.82) is 0 Å². The van der Waals surface area contributed by atoms with Gasteiger partial charge in [0.15, 0.2) is 14.1 Å². The van der Waals surface area contributed by atoms with Gasteiger partial charge in [0.2, 0.25) is 0 Å². The minimum atomic E-state index is -1.81. The molecule has 0 aromatic heterocycles. The summed E-state index contributed by atoms with van der Waals surface area (Å²) >= 11 is 0. The van der Waals surface area contributed by atoms with Crippen LogP contribution in [0.1, 0.15) is 64.5 Å². The van der Waals surface area contributed by atoms with E-state index < -0.39 is 8.32 Å². The molecular formula is C20H32O2Si. The number of hydrogen-bond acceptors (Lipinski definition) is 2. The molecule has 1 aliphatic carbocycles. The van der Waals surface area contributed by atoms with Crippen molar-refractivity contribution in [2.24, 2.45) is 5.92 Å². The molecule has 23 heavy (non-hydrogen) atoms. The van der Waals surface area contributed by atoms with E-state index in [1.165, 1.54) is 19.3 Å². The van der Waals surface area contributed by atoms with E-state index in [0.717, 1.165) is 36.5 Å². The Bertz CT molecular complexity index is 467. The van der Waals surface area contributed by atoms with Crippen LogP contribution in [-0.4, -0.2) is 14.1 Å². The smallest absolute Gasteiger partial charge is 0.193 e. The zero-order valence-electron chi connectivity index (χ0n) is 15.0. The third kappa shape index (κ3) is 4.54. The first-order valence-electron chi connectivity index (χ1n) is 9.42. The van der Waals surface area contributed by atoms with Gasteiger partial charge in [0.1, 0.15) is 6.10 Å². The lowest BCUT2D eigenvalue weighted by molar-refractivity contribution is -0.131. The average Bonchev–Trinajstić information content (AvgIpc) is 2.64. The number of carbonyl (C=O) groups excluding carboxylic acids is 1. The second kappa shape index (κ2) is 8.79. The fraction of sp³-hybridized carbons (Fsp3) is 0.650. The number of Topliss-reactive ketones (excluding diaryl/α,β-unsaturated/α-hetero) is 1. The zero-order chi connectivity index (χ0) is 16.7. The molecule has 1 atom stereocenters. The Balaban J connectivity index is 2.26. The summed E-state index contributed by atoms with van der Waals surface area (Å²) in [7, 11) is -1.81. The molecule has 0 heterocycles. The van der Waals surface area contributed by atoms with Crippen LogP contribution in [0.5, 0.6) is 0 Å². The van der Waals surface area contributed by atoms with Gasteiger partial charge in [-0.05, 0) is 36.5 Å². The Labute approximate surface area is 142 Å². The van der Waals surface area contributed by atoms with Crippen molar-refractivity contribution in [3.63, 3.8) is 0 Å². The molecule has 0 bridgehead atoms. The minimum Gasteiger partial charge on any atom is -0.403 e. The molecule has 0 radical (unpaired) electrons. The fourth-order valence-corrected chi connectivity index (χ4v) is 6.52. The molecule has 2 rings (SSSR count). The summed E-state index contributed by atoms with van der Waals surface area (Å²) in [6, 6.07) is 13.4. The van der Waals surface area contributed by atoms with E-state index in [1.807, 2.05) is 18.2 Å². The highest BCUT2D eigenvalue weighted by atomic mass is 28.4. The standard InChI is InChI=1S/C20H32O2Si/c1-4-23(5-2,6-3)22-20(18-15-11-8-12-16-18)19(21)17-13-9-7-10-14-17/h8,11-12,15-17,20H,4-7,9-10,13-14H2,1-3H3. The van der Waals surface area contributed by atoms with Gasteiger partial charge in [-0.25, -0.2) is 0 Å². The molecule has 0 spiro atoms. The summed E-state index contributed by atoms with van der Waals surface area (Å²) < 4.78 is 6.68. The summed E-state index contributed by atoms with van der Waals surface area (Å²) in [5.41, 5.74) is 1.05. The van der Waals surface area contributed by atoms with E-state index in [1.54, 1.807) is 0 Å². The van der Waals surface area contributed by atoms with E-state index in [9.17, 15) is 4.79 Å². The maximum Gasteiger partial charge on any atom is 0.193 e. The van der Waals surface area contributed by atoms with Crippen molar-refractivity contribution in [2.45, 2.75) is 77.1 Å². The first-order valence-corrected chi connectivity index (χ1v) is 11.9. The monoisotopic (exact) mass is 332 g/mol. The second-order valence-electron chi connectivity index (χ2n) is 6.89. The molecule has 1 aromatic carbocycles. The summed E-state index contributed by atoms with van der Waals surface area (Å²) in [6.07, 6.45) is 5.41. The molecule has 0 saturated heterocycles. The van der Waals surface area contributed by atoms with E-state index in [-0.39, 0.29) is 12.0 Å². The van der Waals surface area contributed by atoms with Gasteiger partial charge in [0.25, 0.3) is 0 Å². The van der Waals surface area contributed by atoms with Crippen LogP contribution in [0.25, 0.3) is 0 Å². The van der Waals surface area contributed by atoms with Crippen LogP contribution in [0.4, 0.5) is 0 Å². The van der Waals surface area contributed by atoms with Crippen molar-refractivity contribution in [3.8, 4) is 0 Å². The van der Waals surface area contributed by atoms with Crippen LogP contribution in [0.15, 0.2) is 30.3 Å². The average molecular weight is 333 g/mol. The van der Waals surface area contributed by atoms with Gasteiger partial charge in [0, 0.05) is 5.92 Å². The third-order valence-corrected chi connectivity index (χ3v) is 10.3. The van der Waals surface area contributed by atoms with Gasteiger partial charge >= 0.3 is 0 Å². The minimum absolute atomic E-state index is 0.200. The van der Waals surface area contributed by atoms with E-state index in [0.29, 0.717) is 5.78 Å². The first-order chi connectivity index (χ1) is 11.2. The Kier molecular flexibility index (Phi) is 7.03. The molecular weight excluding hydrogens is 300 g/mol. The number of hydrogen-bond donors (Lipinski definition) is 0. The molecule has 0 amide bonds. The highest BCUT2D eigenvalue weighted by Crippen LogP contribution is 2.35. The van der Waals surface area contributed by atoms with Gasteiger partial charge in [-0.3, -0.25) is 4.79 Å². The lowest BCUT2D eigenvalue weighted by Gasteiger charge is -2.35. The zero-order valence-corrected chi connectivity index (χ0v) is 16.0. The number of rotatable bonds is 8. The Hall–Kier alpha value is -0.933. The predicted octanol–water partition coefficient (Wildman–Crippen LogP) is 5.90. The molecule has 3 heteroatoms. The van der Waals surface area contributed by atoms with Gasteiger partial charge in [0.05, 0.1) is 0 Å². The van der Waals surface area contributed by atoms with Crippen molar-refractivity contribution < 1.29 is 9.22 Å². The normalized spacial score (nSPS) is 17.9. The van der Waals surface area contributed by atoms with Gasteiger partial charge in [-0.15, -0.1) is 0 Å². The SMILES string of the molecule is CC[Si](CC)(CC)OC(C(=O)C1CCCCC1)c1ccccc1. The lowest BCUT2D eigenvalue weighted by Crippen LogP contribution is -2.40. The van der Waals surface area contributed by atoms with E-state index >= 15 is 0 Å². The lowest BCUT2D eigenvalue weighted by atomic mass is 9.83.